The van der Waals surface area contributed by atoms with Crippen molar-refractivity contribution in [2.45, 2.75) is 0 Å². The first kappa shape index (κ1) is 18.2. The number of anilines is 3. The standard InChI is InChI=1S/C19H14Cl2N6O/c1-27-17-10(8-11(18(27)28)16-12(20)4-2-5-13(16)21)9-23-19(26-17)25-15-7-3-6-14(22)24-15/h2-9H,1H3,(H3,22,23,24,25,26). The molecular formula is C19H14Cl2N6O. The Labute approximate surface area is 169 Å². The van der Waals surface area contributed by atoms with E-state index in [1.807, 2.05) is 0 Å². The Morgan fingerprint density at radius 1 is 1.07 bits per heavy atom. The zero-order valence-corrected chi connectivity index (χ0v) is 16.2. The molecule has 4 rings (SSSR count). The van der Waals surface area contributed by atoms with Crippen LogP contribution in [-0.2, 0) is 7.05 Å². The van der Waals surface area contributed by atoms with Crippen LogP contribution in [0, 0.1) is 0 Å². The number of halogens is 2. The zero-order chi connectivity index (χ0) is 19.8. The molecule has 0 atom stereocenters. The van der Waals surface area contributed by atoms with Crippen LogP contribution in [0.5, 0.6) is 0 Å². The Kier molecular flexibility index (Phi) is 4.62. The first-order valence-electron chi connectivity index (χ1n) is 8.25. The van der Waals surface area contributed by atoms with Crippen molar-refractivity contribution in [1.82, 2.24) is 19.5 Å². The van der Waals surface area contributed by atoms with E-state index >= 15 is 0 Å². The van der Waals surface area contributed by atoms with Crippen molar-refractivity contribution in [3.63, 3.8) is 0 Å². The Hall–Kier alpha value is -3.16. The molecule has 28 heavy (non-hydrogen) atoms. The molecule has 3 heterocycles. The highest BCUT2D eigenvalue weighted by molar-refractivity contribution is 6.39. The molecule has 3 aromatic heterocycles. The van der Waals surface area contributed by atoms with Crippen LogP contribution in [0.25, 0.3) is 22.2 Å². The molecule has 0 unspecified atom stereocenters. The molecule has 0 bridgehead atoms. The van der Waals surface area contributed by atoms with Gasteiger partial charge in [0.1, 0.15) is 17.3 Å². The van der Waals surface area contributed by atoms with Crippen LogP contribution in [0.4, 0.5) is 17.6 Å². The van der Waals surface area contributed by atoms with Crippen LogP contribution in [0.2, 0.25) is 10.0 Å². The third kappa shape index (κ3) is 3.26. The van der Waals surface area contributed by atoms with Gasteiger partial charge in [0.25, 0.3) is 5.56 Å². The van der Waals surface area contributed by atoms with Crippen LogP contribution in [0.1, 0.15) is 0 Å². The van der Waals surface area contributed by atoms with Gasteiger partial charge in [0.15, 0.2) is 0 Å². The monoisotopic (exact) mass is 412 g/mol. The van der Waals surface area contributed by atoms with Crippen LogP contribution in [-0.4, -0.2) is 19.5 Å². The summed E-state index contributed by atoms with van der Waals surface area (Å²) in [7, 11) is 1.63. The zero-order valence-electron chi connectivity index (χ0n) is 14.6. The second kappa shape index (κ2) is 7.10. The van der Waals surface area contributed by atoms with Crippen molar-refractivity contribution in [2.24, 2.45) is 7.05 Å². The van der Waals surface area contributed by atoms with Crippen molar-refractivity contribution in [1.29, 1.82) is 0 Å². The number of aryl methyl sites for hydroxylation is 1. The number of pyridine rings is 2. The average Bonchev–Trinajstić information content (AvgIpc) is 2.66. The first-order valence-corrected chi connectivity index (χ1v) is 9.00. The van der Waals surface area contributed by atoms with E-state index in [0.29, 0.717) is 49.8 Å². The van der Waals surface area contributed by atoms with Crippen molar-refractivity contribution in [3.8, 4) is 11.1 Å². The lowest BCUT2D eigenvalue weighted by atomic mass is 10.1. The summed E-state index contributed by atoms with van der Waals surface area (Å²) in [6.07, 6.45) is 1.62. The quantitative estimate of drug-likeness (QED) is 0.526. The van der Waals surface area contributed by atoms with E-state index in [1.165, 1.54) is 4.57 Å². The van der Waals surface area contributed by atoms with Crippen molar-refractivity contribution in [3.05, 3.63) is 69.1 Å². The van der Waals surface area contributed by atoms with Gasteiger partial charge in [0.05, 0.1) is 15.6 Å². The molecule has 0 radical (unpaired) electrons. The predicted molar refractivity (Wildman–Crippen MR) is 112 cm³/mol. The van der Waals surface area contributed by atoms with E-state index in [9.17, 15) is 4.79 Å². The third-order valence-electron chi connectivity index (χ3n) is 4.19. The third-order valence-corrected chi connectivity index (χ3v) is 4.82. The van der Waals surface area contributed by atoms with Gasteiger partial charge in [-0.2, -0.15) is 4.98 Å². The van der Waals surface area contributed by atoms with E-state index in [-0.39, 0.29) is 5.56 Å². The van der Waals surface area contributed by atoms with Crippen LogP contribution < -0.4 is 16.6 Å². The predicted octanol–water partition coefficient (Wildman–Crippen LogP) is 4.02. The summed E-state index contributed by atoms with van der Waals surface area (Å²) in [5, 5.41) is 4.44. The molecule has 0 aliphatic carbocycles. The number of aromatic nitrogens is 4. The molecule has 9 heteroatoms. The summed E-state index contributed by atoms with van der Waals surface area (Å²) in [5.74, 6) is 1.17. The number of nitrogens with zero attached hydrogens (tertiary/aromatic N) is 4. The normalized spacial score (nSPS) is 11.0. The van der Waals surface area contributed by atoms with Gasteiger partial charge >= 0.3 is 0 Å². The topological polar surface area (TPSA) is 98.7 Å². The highest BCUT2D eigenvalue weighted by atomic mass is 35.5. The summed E-state index contributed by atoms with van der Waals surface area (Å²) in [4.78, 5) is 25.8. The highest BCUT2D eigenvalue weighted by Gasteiger charge is 2.16. The largest absolute Gasteiger partial charge is 0.384 e. The van der Waals surface area contributed by atoms with Crippen molar-refractivity contribution < 1.29 is 0 Å². The van der Waals surface area contributed by atoms with Gasteiger partial charge in [0.2, 0.25) is 5.95 Å². The molecule has 1 aromatic carbocycles. The summed E-state index contributed by atoms with van der Waals surface area (Å²) >= 11 is 12.6. The number of benzene rings is 1. The maximum Gasteiger partial charge on any atom is 0.259 e. The van der Waals surface area contributed by atoms with Crippen molar-refractivity contribution >= 4 is 51.8 Å². The number of rotatable bonds is 3. The fraction of sp³-hybridized carbons (Fsp3) is 0.0526. The summed E-state index contributed by atoms with van der Waals surface area (Å²) in [5.41, 5.74) is 6.74. The van der Waals surface area contributed by atoms with Gasteiger partial charge in [-0.05, 0) is 30.3 Å². The molecule has 0 spiro atoms. The van der Waals surface area contributed by atoms with Crippen LogP contribution in [0.15, 0.2) is 53.5 Å². The number of fused-ring (bicyclic) bond motifs is 1. The smallest absolute Gasteiger partial charge is 0.259 e. The number of hydrogen-bond donors (Lipinski definition) is 2. The minimum atomic E-state index is -0.269. The molecule has 3 N–H and O–H groups in total. The van der Waals surface area contributed by atoms with Gasteiger partial charge < -0.3 is 11.1 Å². The van der Waals surface area contributed by atoms with E-state index < -0.39 is 0 Å². The molecule has 0 saturated carbocycles. The fourth-order valence-corrected chi connectivity index (χ4v) is 3.48. The molecule has 7 nitrogen and oxygen atoms in total. The molecule has 0 aliphatic heterocycles. The number of nitrogens with one attached hydrogen (secondary N) is 1. The lowest BCUT2D eigenvalue weighted by molar-refractivity contribution is 0.887. The molecular weight excluding hydrogens is 399 g/mol. The minimum absolute atomic E-state index is 0.269. The molecule has 0 saturated heterocycles. The maximum atomic E-state index is 12.9. The minimum Gasteiger partial charge on any atom is -0.384 e. The first-order chi connectivity index (χ1) is 13.4. The lowest BCUT2D eigenvalue weighted by Crippen LogP contribution is -2.20. The Morgan fingerprint density at radius 2 is 1.79 bits per heavy atom. The number of hydrogen-bond acceptors (Lipinski definition) is 6. The average molecular weight is 413 g/mol. The highest BCUT2D eigenvalue weighted by Crippen LogP contribution is 2.33. The van der Waals surface area contributed by atoms with E-state index in [2.05, 4.69) is 20.3 Å². The maximum absolute atomic E-state index is 12.9. The summed E-state index contributed by atoms with van der Waals surface area (Å²) < 4.78 is 1.43. The number of nitrogens with two attached hydrogens (primary N) is 1. The van der Waals surface area contributed by atoms with Gasteiger partial charge in [-0.25, -0.2) is 9.97 Å². The lowest BCUT2D eigenvalue weighted by Gasteiger charge is -2.12. The Morgan fingerprint density at radius 3 is 2.50 bits per heavy atom. The molecule has 0 amide bonds. The Balaban J connectivity index is 1.84. The number of nitrogen functional groups attached to an aromatic ring is 1. The van der Waals surface area contributed by atoms with E-state index in [1.54, 1.807) is 55.7 Å². The van der Waals surface area contributed by atoms with E-state index in [0.717, 1.165) is 0 Å². The molecule has 0 aliphatic rings. The van der Waals surface area contributed by atoms with Gasteiger partial charge in [0, 0.05) is 24.2 Å². The SMILES string of the molecule is Cn1c(=O)c(-c2c(Cl)cccc2Cl)cc2cnc(Nc3cccc(N)n3)nc21. The Bertz CT molecular complexity index is 1250. The van der Waals surface area contributed by atoms with E-state index in [4.69, 9.17) is 28.9 Å². The second-order valence-electron chi connectivity index (χ2n) is 6.06. The van der Waals surface area contributed by atoms with Crippen LogP contribution >= 0.6 is 23.2 Å². The van der Waals surface area contributed by atoms with Gasteiger partial charge in [-0.1, -0.05) is 35.3 Å². The van der Waals surface area contributed by atoms with Gasteiger partial charge in [-0.15, -0.1) is 0 Å². The second-order valence-corrected chi connectivity index (χ2v) is 6.88. The molecule has 0 fully saturated rings. The van der Waals surface area contributed by atoms with Gasteiger partial charge in [-0.3, -0.25) is 9.36 Å². The summed E-state index contributed by atoms with van der Waals surface area (Å²) in [6, 6.07) is 12.0. The summed E-state index contributed by atoms with van der Waals surface area (Å²) in [6.45, 7) is 0. The molecule has 140 valence electrons. The fourth-order valence-electron chi connectivity index (χ4n) is 2.88. The molecule has 4 aromatic rings. The van der Waals surface area contributed by atoms with Crippen molar-refractivity contribution in [2.75, 3.05) is 11.1 Å². The van der Waals surface area contributed by atoms with Crippen LogP contribution in [0.3, 0.4) is 0 Å².